The molecule has 1 fully saturated rings. The van der Waals surface area contributed by atoms with Crippen molar-refractivity contribution in [2.45, 2.75) is 25.9 Å². The molecule has 2 amide bonds. The topological polar surface area (TPSA) is 70.4 Å². The third-order valence-corrected chi connectivity index (χ3v) is 4.23. The monoisotopic (exact) mass is 334 g/mol. The van der Waals surface area contributed by atoms with Gasteiger partial charge in [-0.2, -0.15) is 0 Å². The summed E-state index contributed by atoms with van der Waals surface area (Å²) in [6.07, 6.45) is 2.92. The van der Waals surface area contributed by atoms with Gasteiger partial charge in [-0.3, -0.25) is 5.32 Å². The van der Waals surface area contributed by atoms with E-state index < -0.39 is 6.10 Å². The van der Waals surface area contributed by atoms with E-state index in [1.807, 2.05) is 31.3 Å². The van der Waals surface area contributed by atoms with E-state index in [-0.39, 0.29) is 6.03 Å². The van der Waals surface area contributed by atoms with Crippen LogP contribution in [-0.4, -0.2) is 45.0 Å². The molecule has 6 nitrogen and oxygen atoms in total. The Morgan fingerprint density at radius 2 is 2.22 bits per heavy atom. The van der Waals surface area contributed by atoms with Crippen molar-refractivity contribution in [2.75, 3.05) is 18.4 Å². The van der Waals surface area contributed by atoms with Crippen molar-refractivity contribution in [3.8, 4) is 5.69 Å². The molecule has 122 valence electrons. The van der Waals surface area contributed by atoms with Crippen LogP contribution >= 0.6 is 11.6 Å². The number of halogens is 1. The van der Waals surface area contributed by atoms with Gasteiger partial charge in [-0.25, -0.2) is 9.48 Å². The second-order valence-electron chi connectivity index (χ2n) is 5.73. The van der Waals surface area contributed by atoms with Crippen LogP contribution < -0.4 is 5.32 Å². The third kappa shape index (κ3) is 3.48. The molecule has 0 radical (unpaired) electrons. The van der Waals surface area contributed by atoms with Gasteiger partial charge in [0.05, 0.1) is 16.8 Å². The second kappa shape index (κ2) is 6.60. The summed E-state index contributed by atoms with van der Waals surface area (Å²) in [5, 5.41) is 17.5. The van der Waals surface area contributed by atoms with E-state index in [0.29, 0.717) is 23.9 Å². The lowest BCUT2D eigenvalue weighted by Crippen LogP contribution is -2.44. The van der Waals surface area contributed by atoms with Crippen LogP contribution in [0.25, 0.3) is 5.69 Å². The van der Waals surface area contributed by atoms with Gasteiger partial charge in [-0.05, 0) is 31.9 Å². The van der Waals surface area contributed by atoms with Crippen molar-refractivity contribution in [3.05, 3.63) is 41.0 Å². The molecule has 7 heteroatoms. The Balaban J connectivity index is 1.76. The van der Waals surface area contributed by atoms with Crippen LogP contribution in [0.2, 0.25) is 5.02 Å². The molecule has 1 aliphatic rings. The molecule has 3 rings (SSSR count). The van der Waals surface area contributed by atoms with Crippen LogP contribution in [0.3, 0.4) is 0 Å². The number of aromatic nitrogens is 2. The van der Waals surface area contributed by atoms with E-state index in [2.05, 4.69) is 10.4 Å². The molecule has 1 saturated heterocycles. The van der Waals surface area contributed by atoms with Gasteiger partial charge in [-0.15, -0.1) is 5.10 Å². The first-order valence-electron chi connectivity index (χ1n) is 7.60. The number of aliphatic hydroxyl groups excluding tert-OH is 1. The summed E-state index contributed by atoms with van der Waals surface area (Å²) < 4.78 is 1.65. The number of urea groups is 1. The molecular weight excluding hydrogens is 316 g/mol. The summed E-state index contributed by atoms with van der Waals surface area (Å²) in [6.45, 7) is 2.88. The van der Waals surface area contributed by atoms with Gasteiger partial charge >= 0.3 is 6.03 Å². The smallest absolute Gasteiger partial charge is 0.323 e. The van der Waals surface area contributed by atoms with E-state index in [9.17, 15) is 9.90 Å². The van der Waals surface area contributed by atoms with Crippen molar-refractivity contribution >= 4 is 23.4 Å². The van der Waals surface area contributed by atoms with E-state index in [0.717, 1.165) is 24.1 Å². The number of para-hydroxylation sites is 1. The zero-order chi connectivity index (χ0) is 16.4. The van der Waals surface area contributed by atoms with Gasteiger partial charge in [0.15, 0.2) is 5.82 Å². The maximum Gasteiger partial charge on any atom is 0.323 e. The summed E-state index contributed by atoms with van der Waals surface area (Å²) in [7, 11) is 0. The number of aryl methyl sites for hydroxylation is 1. The average Bonchev–Trinajstić information content (AvgIpc) is 2.88. The first-order valence-corrected chi connectivity index (χ1v) is 7.97. The average molecular weight is 335 g/mol. The predicted octanol–water partition coefficient (Wildman–Crippen LogP) is 2.82. The highest BCUT2D eigenvalue weighted by Gasteiger charge is 2.23. The number of nitrogens with zero attached hydrogens (tertiary/aromatic N) is 3. The lowest BCUT2D eigenvalue weighted by atomic mass is 10.1. The third-order valence-electron chi connectivity index (χ3n) is 3.91. The van der Waals surface area contributed by atoms with Gasteiger partial charge in [-0.1, -0.05) is 23.7 Å². The number of carbonyl (C=O) groups is 1. The molecule has 2 aromatic rings. The number of anilines is 1. The maximum atomic E-state index is 12.3. The molecule has 1 unspecified atom stereocenters. The number of nitrogens with one attached hydrogen (secondary N) is 1. The zero-order valence-corrected chi connectivity index (χ0v) is 13.6. The summed E-state index contributed by atoms with van der Waals surface area (Å²) in [4.78, 5) is 13.9. The summed E-state index contributed by atoms with van der Waals surface area (Å²) in [5.74, 6) is 0.495. The lowest BCUT2D eigenvalue weighted by Gasteiger charge is -2.29. The Kier molecular flexibility index (Phi) is 4.54. The molecule has 0 aliphatic carbocycles. The molecule has 2 N–H and O–H groups in total. The van der Waals surface area contributed by atoms with E-state index >= 15 is 0 Å². The molecule has 1 aliphatic heterocycles. The normalized spacial score (nSPS) is 18.0. The largest absolute Gasteiger partial charge is 0.391 e. The van der Waals surface area contributed by atoms with Crippen LogP contribution in [0.1, 0.15) is 18.4 Å². The van der Waals surface area contributed by atoms with Crippen LogP contribution in [0.4, 0.5) is 10.6 Å². The van der Waals surface area contributed by atoms with Crippen LogP contribution in [0, 0.1) is 6.92 Å². The van der Waals surface area contributed by atoms with Crippen molar-refractivity contribution in [1.29, 1.82) is 0 Å². The van der Waals surface area contributed by atoms with E-state index in [1.54, 1.807) is 15.6 Å². The number of rotatable bonds is 2. The Labute approximate surface area is 139 Å². The fraction of sp³-hybridized carbons (Fsp3) is 0.375. The zero-order valence-electron chi connectivity index (χ0n) is 12.9. The van der Waals surface area contributed by atoms with Gasteiger partial charge in [0, 0.05) is 24.8 Å². The number of β-amino-alcohol motifs (C(OH)–C–C–N with tert-alkyl or cyclic N) is 1. The van der Waals surface area contributed by atoms with E-state index in [4.69, 9.17) is 11.6 Å². The standard InChI is InChI=1S/C16H19ClN4O2/c1-11-9-21(14-7-3-2-6-13(14)17)19-15(11)18-16(23)20-8-4-5-12(22)10-20/h2-3,6-7,9,12,22H,4-5,8,10H2,1H3,(H,18,19,23). The highest BCUT2D eigenvalue weighted by atomic mass is 35.5. The van der Waals surface area contributed by atoms with Crippen LogP contribution in [0.5, 0.6) is 0 Å². The molecule has 1 aromatic carbocycles. The Morgan fingerprint density at radius 1 is 1.43 bits per heavy atom. The number of likely N-dealkylation sites (tertiary alicyclic amines) is 1. The lowest BCUT2D eigenvalue weighted by molar-refractivity contribution is 0.0883. The second-order valence-corrected chi connectivity index (χ2v) is 6.14. The van der Waals surface area contributed by atoms with Crippen molar-refractivity contribution in [2.24, 2.45) is 0 Å². The number of hydrogen-bond donors (Lipinski definition) is 2. The van der Waals surface area contributed by atoms with E-state index in [1.165, 1.54) is 0 Å². The minimum atomic E-state index is -0.448. The minimum absolute atomic E-state index is 0.240. The molecule has 23 heavy (non-hydrogen) atoms. The number of aliphatic hydroxyl groups is 1. The van der Waals surface area contributed by atoms with Crippen molar-refractivity contribution < 1.29 is 9.90 Å². The predicted molar refractivity (Wildman–Crippen MR) is 89.1 cm³/mol. The molecule has 2 heterocycles. The molecule has 0 spiro atoms. The fourth-order valence-electron chi connectivity index (χ4n) is 2.66. The summed E-state index contributed by atoms with van der Waals surface area (Å²) in [5.41, 5.74) is 1.60. The summed E-state index contributed by atoms with van der Waals surface area (Å²) in [6, 6.07) is 7.15. The molecule has 0 saturated carbocycles. The van der Waals surface area contributed by atoms with Gasteiger partial charge < -0.3 is 10.0 Å². The van der Waals surface area contributed by atoms with Gasteiger partial charge in [0.2, 0.25) is 0 Å². The van der Waals surface area contributed by atoms with Gasteiger partial charge in [0.25, 0.3) is 0 Å². The molecule has 1 aromatic heterocycles. The Morgan fingerprint density at radius 3 is 2.96 bits per heavy atom. The molecule has 1 atom stereocenters. The van der Waals surface area contributed by atoms with Gasteiger partial charge in [0.1, 0.15) is 0 Å². The maximum absolute atomic E-state index is 12.3. The quantitative estimate of drug-likeness (QED) is 0.887. The first-order chi connectivity index (χ1) is 11.0. The Hall–Kier alpha value is -2.05. The first kappa shape index (κ1) is 15.8. The number of hydrogen-bond acceptors (Lipinski definition) is 3. The Bertz CT molecular complexity index is 716. The van der Waals surface area contributed by atoms with Crippen LogP contribution in [0.15, 0.2) is 30.5 Å². The minimum Gasteiger partial charge on any atom is -0.391 e. The number of piperidine rings is 1. The highest BCUT2D eigenvalue weighted by Crippen LogP contribution is 2.22. The van der Waals surface area contributed by atoms with Crippen molar-refractivity contribution in [3.63, 3.8) is 0 Å². The SMILES string of the molecule is Cc1cn(-c2ccccc2Cl)nc1NC(=O)N1CCCC(O)C1. The molecular formula is C16H19ClN4O2. The highest BCUT2D eigenvalue weighted by molar-refractivity contribution is 6.32. The number of amides is 2. The van der Waals surface area contributed by atoms with Crippen LogP contribution in [-0.2, 0) is 0 Å². The number of benzene rings is 1. The van der Waals surface area contributed by atoms with Crippen molar-refractivity contribution in [1.82, 2.24) is 14.7 Å². The fourth-order valence-corrected chi connectivity index (χ4v) is 2.89. The number of carbonyl (C=O) groups excluding carboxylic acids is 1. The molecule has 0 bridgehead atoms. The summed E-state index contributed by atoms with van der Waals surface area (Å²) >= 11 is 6.18.